The van der Waals surface area contributed by atoms with Crippen LogP contribution in [0.2, 0.25) is 0 Å². The maximum absolute atomic E-state index is 12.8. The Morgan fingerprint density at radius 3 is 2.47 bits per heavy atom. The predicted octanol–water partition coefficient (Wildman–Crippen LogP) is 2.91. The SMILES string of the molecule is COc1c(CCON)cc(Br)cc1C(F)(F)F. The summed E-state index contributed by atoms with van der Waals surface area (Å²) in [4.78, 5) is 4.36. The minimum atomic E-state index is -4.46. The smallest absolute Gasteiger partial charge is 0.420 e. The van der Waals surface area contributed by atoms with E-state index in [0.29, 0.717) is 10.0 Å². The van der Waals surface area contributed by atoms with Gasteiger partial charge in [0.1, 0.15) is 5.75 Å². The van der Waals surface area contributed by atoms with Gasteiger partial charge in [0, 0.05) is 10.9 Å². The van der Waals surface area contributed by atoms with Gasteiger partial charge in [-0.05, 0) is 17.7 Å². The lowest BCUT2D eigenvalue weighted by atomic mass is 10.1. The summed E-state index contributed by atoms with van der Waals surface area (Å²) >= 11 is 3.03. The summed E-state index contributed by atoms with van der Waals surface area (Å²) in [6, 6.07) is 2.53. The third-order valence-corrected chi connectivity index (χ3v) is 2.59. The molecule has 0 spiro atoms. The van der Waals surface area contributed by atoms with Crippen LogP contribution in [-0.4, -0.2) is 13.7 Å². The number of methoxy groups -OCH3 is 1. The fourth-order valence-electron chi connectivity index (χ4n) is 1.46. The van der Waals surface area contributed by atoms with Crippen molar-refractivity contribution in [2.45, 2.75) is 12.6 Å². The molecule has 0 unspecified atom stereocenters. The lowest BCUT2D eigenvalue weighted by Gasteiger charge is -2.16. The molecule has 0 heterocycles. The van der Waals surface area contributed by atoms with Crippen LogP contribution < -0.4 is 10.6 Å². The standard InChI is InChI=1S/C10H11BrF3NO2/c1-16-9-6(2-3-17-15)4-7(11)5-8(9)10(12,13)14/h4-5H,2-3,15H2,1H3. The van der Waals surface area contributed by atoms with Crippen LogP contribution in [0.15, 0.2) is 16.6 Å². The first-order valence-electron chi connectivity index (χ1n) is 4.65. The number of alkyl halides is 3. The molecule has 0 aliphatic rings. The average molecular weight is 314 g/mol. The molecule has 3 nitrogen and oxygen atoms in total. The van der Waals surface area contributed by atoms with E-state index in [9.17, 15) is 13.2 Å². The van der Waals surface area contributed by atoms with E-state index in [0.717, 1.165) is 6.07 Å². The maximum Gasteiger partial charge on any atom is 0.420 e. The van der Waals surface area contributed by atoms with Gasteiger partial charge in [-0.3, -0.25) is 0 Å². The minimum absolute atomic E-state index is 0.115. The molecule has 1 aromatic rings. The molecule has 0 saturated heterocycles. The van der Waals surface area contributed by atoms with Gasteiger partial charge in [0.05, 0.1) is 19.3 Å². The van der Waals surface area contributed by atoms with E-state index in [4.69, 9.17) is 10.6 Å². The van der Waals surface area contributed by atoms with E-state index in [1.165, 1.54) is 7.11 Å². The van der Waals surface area contributed by atoms with E-state index in [1.807, 2.05) is 0 Å². The summed E-state index contributed by atoms with van der Waals surface area (Å²) in [5, 5.41) is 0. The predicted molar refractivity (Wildman–Crippen MR) is 59.5 cm³/mol. The van der Waals surface area contributed by atoms with E-state index in [1.54, 1.807) is 6.07 Å². The highest BCUT2D eigenvalue weighted by atomic mass is 79.9. The average Bonchev–Trinajstić information content (AvgIpc) is 2.24. The molecule has 0 saturated carbocycles. The number of hydrogen-bond acceptors (Lipinski definition) is 3. The fourth-order valence-corrected chi connectivity index (χ4v) is 1.96. The van der Waals surface area contributed by atoms with Crippen LogP contribution in [0.4, 0.5) is 13.2 Å². The van der Waals surface area contributed by atoms with Crippen molar-refractivity contribution in [3.8, 4) is 5.75 Å². The largest absolute Gasteiger partial charge is 0.496 e. The molecular weight excluding hydrogens is 303 g/mol. The zero-order chi connectivity index (χ0) is 13.1. The highest BCUT2D eigenvalue weighted by molar-refractivity contribution is 9.10. The van der Waals surface area contributed by atoms with Crippen molar-refractivity contribution < 1.29 is 22.7 Å². The molecule has 0 fully saturated rings. The van der Waals surface area contributed by atoms with Crippen LogP contribution in [0.25, 0.3) is 0 Å². The van der Waals surface area contributed by atoms with Crippen LogP contribution in [0, 0.1) is 0 Å². The van der Waals surface area contributed by atoms with Gasteiger partial charge in [-0.25, -0.2) is 5.90 Å². The van der Waals surface area contributed by atoms with Crippen molar-refractivity contribution >= 4 is 15.9 Å². The Morgan fingerprint density at radius 2 is 2.00 bits per heavy atom. The summed E-state index contributed by atoms with van der Waals surface area (Å²) in [6.07, 6.45) is -4.23. The van der Waals surface area contributed by atoms with Crippen LogP contribution in [-0.2, 0) is 17.4 Å². The Kier molecular flexibility index (Phi) is 4.79. The molecular formula is C10H11BrF3NO2. The molecule has 0 amide bonds. The van der Waals surface area contributed by atoms with Crippen molar-refractivity contribution in [2.75, 3.05) is 13.7 Å². The maximum atomic E-state index is 12.8. The van der Waals surface area contributed by atoms with Gasteiger partial charge in [0.2, 0.25) is 0 Å². The van der Waals surface area contributed by atoms with Gasteiger partial charge in [0.15, 0.2) is 0 Å². The van der Waals surface area contributed by atoms with Crippen LogP contribution >= 0.6 is 15.9 Å². The number of hydrogen-bond donors (Lipinski definition) is 1. The number of halogens is 4. The topological polar surface area (TPSA) is 44.5 Å². The van der Waals surface area contributed by atoms with Crippen molar-refractivity contribution in [3.63, 3.8) is 0 Å². The third-order valence-electron chi connectivity index (χ3n) is 2.13. The van der Waals surface area contributed by atoms with Crippen molar-refractivity contribution in [3.05, 3.63) is 27.7 Å². The molecule has 0 aromatic heterocycles. The summed E-state index contributed by atoms with van der Waals surface area (Å²) in [5.41, 5.74) is -0.430. The fraction of sp³-hybridized carbons (Fsp3) is 0.400. The number of nitrogens with two attached hydrogens (primary N) is 1. The van der Waals surface area contributed by atoms with Gasteiger partial charge < -0.3 is 9.57 Å². The normalized spacial score (nSPS) is 11.6. The van der Waals surface area contributed by atoms with Gasteiger partial charge in [0.25, 0.3) is 0 Å². The molecule has 0 aliphatic heterocycles. The summed E-state index contributed by atoms with van der Waals surface area (Å²) in [6.45, 7) is 0.115. The highest BCUT2D eigenvalue weighted by Crippen LogP contribution is 2.40. The number of ether oxygens (including phenoxy) is 1. The van der Waals surface area contributed by atoms with Gasteiger partial charge in [-0.1, -0.05) is 15.9 Å². The number of benzene rings is 1. The zero-order valence-electron chi connectivity index (χ0n) is 8.97. The molecule has 0 radical (unpaired) electrons. The van der Waals surface area contributed by atoms with Gasteiger partial charge in [-0.15, -0.1) is 0 Å². The molecule has 0 bridgehead atoms. The van der Waals surface area contributed by atoms with Crippen molar-refractivity contribution in [1.82, 2.24) is 0 Å². The second-order valence-electron chi connectivity index (χ2n) is 3.26. The Morgan fingerprint density at radius 1 is 1.35 bits per heavy atom. The molecule has 0 atom stereocenters. The monoisotopic (exact) mass is 313 g/mol. The molecule has 0 aliphatic carbocycles. The number of rotatable bonds is 4. The van der Waals surface area contributed by atoms with E-state index < -0.39 is 11.7 Å². The lowest BCUT2D eigenvalue weighted by Crippen LogP contribution is -2.11. The van der Waals surface area contributed by atoms with E-state index in [2.05, 4.69) is 20.8 Å². The Hall–Kier alpha value is -0.790. The molecule has 96 valence electrons. The Balaban J connectivity index is 3.25. The van der Waals surface area contributed by atoms with E-state index in [-0.39, 0.29) is 18.8 Å². The van der Waals surface area contributed by atoms with Crippen LogP contribution in [0.3, 0.4) is 0 Å². The Bertz CT molecular complexity index is 396. The summed E-state index contributed by atoms with van der Waals surface area (Å²) < 4.78 is 43.4. The second kappa shape index (κ2) is 5.70. The molecule has 1 aromatic carbocycles. The van der Waals surface area contributed by atoms with Crippen LogP contribution in [0.5, 0.6) is 5.75 Å². The molecule has 7 heteroatoms. The molecule has 2 N–H and O–H groups in total. The summed E-state index contributed by atoms with van der Waals surface area (Å²) in [5.74, 6) is 4.66. The lowest BCUT2D eigenvalue weighted by molar-refractivity contribution is -0.138. The molecule has 1 rings (SSSR count). The first-order chi connectivity index (χ1) is 7.90. The van der Waals surface area contributed by atoms with Gasteiger partial charge >= 0.3 is 6.18 Å². The van der Waals surface area contributed by atoms with Crippen molar-refractivity contribution in [2.24, 2.45) is 5.90 Å². The molecule has 17 heavy (non-hydrogen) atoms. The van der Waals surface area contributed by atoms with E-state index >= 15 is 0 Å². The van der Waals surface area contributed by atoms with Crippen molar-refractivity contribution in [1.29, 1.82) is 0 Å². The highest BCUT2D eigenvalue weighted by Gasteiger charge is 2.35. The Labute approximate surface area is 105 Å². The first kappa shape index (κ1) is 14.3. The summed E-state index contributed by atoms with van der Waals surface area (Å²) in [7, 11) is 1.20. The quantitative estimate of drug-likeness (QED) is 0.869. The first-order valence-corrected chi connectivity index (χ1v) is 5.44. The minimum Gasteiger partial charge on any atom is -0.496 e. The third kappa shape index (κ3) is 3.58. The van der Waals surface area contributed by atoms with Crippen LogP contribution in [0.1, 0.15) is 11.1 Å². The zero-order valence-corrected chi connectivity index (χ0v) is 10.6. The van der Waals surface area contributed by atoms with Gasteiger partial charge in [-0.2, -0.15) is 13.2 Å². The second-order valence-corrected chi connectivity index (χ2v) is 4.18.